The maximum absolute atomic E-state index is 12.4. The summed E-state index contributed by atoms with van der Waals surface area (Å²) in [6.45, 7) is 6.44. The molecule has 24 heavy (non-hydrogen) atoms. The number of aromatic nitrogens is 3. The molecule has 7 nitrogen and oxygen atoms in total. The van der Waals surface area contributed by atoms with Crippen LogP contribution in [0.5, 0.6) is 0 Å². The van der Waals surface area contributed by atoms with Gasteiger partial charge in [0.25, 0.3) is 5.91 Å². The molecule has 130 valence electrons. The lowest BCUT2D eigenvalue weighted by Crippen LogP contribution is -2.32. The van der Waals surface area contributed by atoms with Crippen LogP contribution >= 0.6 is 0 Å². The number of piperidine rings is 1. The first kappa shape index (κ1) is 16.7. The third-order valence-electron chi connectivity index (χ3n) is 4.52. The Hall–Kier alpha value is -2.15. The van der Waals surface area contributed by atoms with E-state index in [1.807, 2.05) is 24.7 Å². The van der Waals surface area contributed by atoms with E-state index in [2.05, 4.69) is 20.9 Å². The fourth-order valence-corrected chi connectivity index (χ4v) is 3.12. The molecule has 1 amide bonds. The average Bonchev–Trinajstić information content (AvgIpc) is 3.27. The van der Waals surface area contributed by atoms with E-state index in [9.17, 15) is 4.79 Å². The Morgan fingerprint density at radius 3 is 3.04 bits per heavy atom. The van der Waals surface area contributed by atoms with Crippen LogP contribution in [0.15, 0.2) is 16.8 Å². The first-order chi connectivity index (χ1) is 11.7. The molecule has 0 aromatic carbocycles. The van der Waals surface area contributed by atoms with Gasteiger partial charge in [-0.05, 0) is 31.9 Å². The second-order valence-corrected chi connectivity index (χ2v) is 6.10. The largest absolute Gasteiger partial charge is 0.361 e. The number of nitrogens with zero attached hydrogens (tertiary/aromatic N) is 3. The molecular weight excluding hydrogens is 306 g/mol. The molecule has 2 N–H and O–H groups in total. The standard InChI is InChI=1S/C17H25N5O2/c1-3-14-13(16(4-2)24-21-14)11-19-17(23)15-7-9-22(20-15)12-6-5-8-18-10-12/h7,9,12,18H,3-6,8,10-11H2,1-2H3,(H,19,23). The highest BCUT2D eigenvalue weighted by molar-refractivity contribution is 5.92. The van der Waals surface area contributed by atoms with E-state index >= 15 is 0 Å². The van der Waals surface area contributed by atoms with Crippen LogP contribution in [-0.2, 0) is 19.4 Å². The van der Waals surface area contributed by atoms with Gasteiger partial charge in [0.05, 0.1) is 11.7 Å². The van der Waals surface area contributed by atoms with Crippen molar-refractivity contribution in [2.75, 3.05) is 13.1 Å². The fourth-order valence-electron chi connectivity index (χ4n) is 3.12. The Balaban J connectivity index is 1.63. The molecule has 1 fully saturated rings. The molecule has 7 heteroatoms. The first-order valence-corrected chi connectivity index (χ1v) is 8.73. The molecule has 0 radical (unpaired) electrons. The second-order valence-electron chi connectivity index (χ2n) is 6.10. The third kappa shape index (κ3) is 3.51. The van der Waals surface area contributed by atoms with Crippen molar-refractivity contribution >= 4 is 5.91 Å². The lowest BCUT2D eigenvalue weighted by atomic mass is 10.1. The van der Waals surface area contributed by atoms with E-state index in [4.69, 9.17) is 4.52 Å². The Morgan fingerprint density at radius 1 is 1.46 bits per heavy atom. The smallest absolute Gasteiger partial charge is 0.272 e. The first-order valence-electron chi connectivity index (χ1n) is 8.73. The monoisotopic (exact) mass is 331 g/mol. The van der Waals surface area contributed by atoms with Crippen LogP contribution in [0.1, 0.15) is 60.2 Å². The topological polar surface area (TPSA) is 85.0 Å². The average molecular weight is 331 g/mol. The summed E-state index contributed by atoms with van der Waals surface area (Å²) in [6.07, 6.45) is 5.68. The summed E-state index contributed by atoms with van der Waals surface area (Å²) in [5.74, 6) is 0.675. The van der Waals surface area contributed by atoms with E-state index in [1.54, 1.807) is 6.07 Å². The van der Waals surface area contributed by atoms with Crippen molar-refractivity contribution in [3.05, 3.63) is 35.0 Å². The molecule has 0 spiro atoms. The van der Waals surface area contributed by atoms with Crippen LogP contribution in [0, 0.1) is 0 Å². The van der Waals surface area contributed by atoms with Crippen LogP contribution < -0.4 is 10.6 Å². The minimum absolute atomic E-state index is 0.164. The predicted molar refractivity (Wildman–Crippen MR) is 89.8 cm³/mol. The number of amides is 1. The van der Waals surface area contributed by atoms with E-state index in [0.29, 0.717) is 18.3 Å². The van der Waals surface area contributed by atoms with Gasteiger partial charge in [0, 0.05) is 31.3 Å². The predicted octanol–water partition coefficient (Wildman–Crippen LogP) is 1.85. The highest BCUT2D eigenvalue weighted by Crippen LogP contribution is 2.17. The Bertz CT molecular complexity index is 663. The molecule has 3 rings (SSSR count). The van der Waals surface area contributed by atoms with Crippen LogP contribution in [0.2, 0.25) is 0 Å². The van der Waals surface area contributed by atoms with Gasteiger partial charge in [0.2, 0.25) is 0 Å². The van der Waals surface area contributed by atoms with Gasteiger partial charge in [-0.2, -0.15) is 5.10 Å². The van der Waals surface area contributed by atoms with Crippen molar-refractivity contribution in [3.63, 3.8) is 0 Å². The molecule has 1 unspecified atom stereocenters. The normalized spacial score (nSPS) is 17.8. The molecule has 1 aliphatic heterocycles. The number of hydrogen-bond acceptors (Lipinski definition) is 5. The number of aryl methyl sites for hydroxylation is 2. The van der Waals surface area contributed by atoms with Crippen molar-refractivity contribution in [2.45, 2.75) is 52.1 Å². The summed E-state index contributed by atoms with van der Waals surface area (Å²) in [5.41, 5.74) is 2.35. The van der Waals surface area contributed by atoms with Crippen LogP contribution in [-0.4, -0.2) is 33.9 Å². The summed E-state index contributed by atoms with van der Waals surface area (Å²) in [5, 5.41) is 14.8. The van der Waals surface area contributed by atoms with E-state index < -0.39 is 0 Å². The molecule has 2 aromatic heterocycles. The maximum Gasteiger partial charge on any atom is 0.272 e. The third-order valence-corrected chi connectivity index (χ3v) is 4.52. The van der Waals surface area contributed by atoms with E-state index in [1.165, 1.54) is 0 Å². The molecule has 0 aliphatic carbocycles. The van der Waals surface area contributed by atoms with Crippen molar-refractivity contribution in [3.8, 4) is 0 Å². The van der Waals surface area contributed by atoms with Crippen LogP contribution in [0.3, 0.4) is 0 Å². The highest BCUT2D eigenvalue weighted by atomic mass is 16.5. The molecular formula is C17H25N5O2. The van der Waals surface area contributed by atoms with Gasteiger partial charge in [-0.25, -0.2) is 0 Å². The molecule has 1 atom stereocenters. The lowest BCUT2D eigenvalue weighted by molar-refractivity contribution is 0.0944. The van der Waals surface area contributed by atoms with Crippen molar-refractivity contribution in [2.24, 2.45) is 0 Å². The number of hydrogen-bond donors (Lipinski definition) is 2. The Morgan fingerprint density at radius 2 is 2.33 bits per heavy atom. The molecule has 1 saturated heterocycles. The molecule has 0 saturated carbocycles. The molecule has 0 bridgehead atoms. The SMILES string of the molecule is CCc1noc(CC)c1CNC(=O)c1ccn(C2CCCNC2)n1. The Labute approximate surface area is 141 Å². The zero-order chi connectivity index (χ0) is 16.9. The van der Waals surface area contributed by atoms with E-state index in [0.717, 1.165) is 55.8 Å². The zero-order valence-electron chi connectivity index (χ0n) is 14.3. The summed E-state index contributed by atoms with van der Waals surface area (Å²) < 4.78 is 7.23. The number of nitrogens with one attached hydrogen (secondary N) is 2. The summed E-state index contributed by atoms with van der Waals surface area (Å²) >= 11 is 0. The zero-order valence-corrected chi connectivity index (χ0v) is 14.3. The number of carbonyl (C=O) groups is 1. The molecule has 2 aromatic rings. The minimum Gasteiger partial charge on any atom is -0.361 e. The number of rotatable bonds is 6. The highest BCUT2D eigenvalue weighted by Gasteiger charge is 2.19. The van der Waals surface area contributed by atoms with Gasteiger partial charge in [-0.3, -0.25) is 9.48 Å². The lowest BCUT2D eigenvalue weighted by Gasteiger charge is -2.22. The van der Waals surface area contributed by atoms with Crippen molar-refractivity contribution in [1.82, 2.24) is 25.6 Å². The minimum atomic E-state index is -0.164. The maximum atomic E-state index is 12.4. The number of carbonyl (C=O) groups excluding carboxylic acids is 1. The van der Waals surface area contributed by atoms with Crippen molar-refractivity contribution < 1.29 is 9.32 Å². The summed E-state index contributed by atoms with van der Waals surface area (Å²) in [6, 6.07) is 2.11. The quantitative estimate of drug-likeness (QED) is 0.844. The van der Waals surface area contributed by atoms with Gasteiger partial charge in [0.1, 0.15) is 11.5 Å². The van der Waals surface area contributed by atoms with Crippen LogP contribution in [0.4, 0.5) is 0 Å². The van der Waals surface area contributed by atoms with Crippen molar-refractivity contribution in [1.29, 1.82) is 0 Å². The van der Waals surface area contributed by atoms with Gasteiger partial charge in [0.15, 0.2) is 0 Å². The van der Waals surface area contributed by atoms with Crippen LogP contribution in [0.25, 0.3) is 0 Å². The fraction of sp³-hybridized carbons (Fsp3) is 0.588. The Kier molecular flexibility index (Phi) is 5.30. The second kappa shape index (κ2) is 7.61. The van der Waals surface area contributed by atoms with Gasteiger partial charge in [-0.1, -0.05) is 19.0 Å². The van der Waals surface area contributed by atoms with Gasteiger partial charge < -0.3 is 15.2 Å². The summed E-state index contributed by atoms with van der Waals surface area (Å²) in [4.78, 5) is 12.4. The molecule has 1 aliphatic rings. The van der Waals surface area contributed by atoms with Gasteiger partial charge >= 0.3 is 0 Å². The summed E-state index contributed by atoms with van der Waals surface area (Å²) in [7, 11) is 0. The van der Waals surface area contributed by atoms with E-state index in [-0.39, 0.29) is 5.91 Å². The van der Waals surface area contributed by atoms with Gasteiger partial charge in [-0.15, -0.1) is 0 Å². The molecule has 3 heterocycles.